The van der Waals surface area contributed by atoms with Crippen molar-refractivity contribution in [1.29, 1.82) is 0 Å². The van der Waals surface area contributed by atoms with E-state index >= 15 is 0 Å². The van der Waals surface area contributed by atoms with E-state index in [0.29, 0.717) is 11.5 Å². The molecule has 1 atom stereocenters. The highest BCUT2D eigenvalue weighted by Crippen LogP contribution is 2.40. The van der Waals surface area contributed by atoms with E-state index in [2.05, 4.69) is 9.88 Å². The zero-order valence-corrected chi connectivity index (χ0v) is 10.4. The standard InChI is InChI=1S/C14H18N2O2/c17-13-3-4-15-12-2-1-10(5-11(12)13)16-6-14(7-16)8-18-9-14/h3-4,10H,1-2,5-9H2,(H,15,17). The molecular weight excluding hydrogens is 228 g/mol. The van der Waals surface area contributed by atoms with Crippen molar-refractivity contribution in [3.8, 4) is 0 Å². The smallest absolute Gasteiger partial charge is 0.185 e. The Morgan fingerprint density at radius 3 is 2.94 bits per heavy atom. The van der Waals surface area contributed by atoms with E-state index < -0.39 is 0 Å². The average Bonchev–Trinajstić information content (AvgIpc) is 2.26. The summed E-state index contributed by atoms with van der Waals surface area (Å²) in [7, 11) is 0. The van der Waals surface area contributed by atoms with Crippen LogP contribution in [0.15, 0.2) is 17.1 Å². The van der Waals surface area contributed by atoms with Gasteiger partial charge in [-0.2, -0.15) is 0 Å². The molecular formula is C14H18N2O2. The molecule has 2 saturated heterocycles. The summed E-state index contributed by atoms with van der Waals surface area (Å²) in [5.74, 6) is 0. The van der Waals surface area contributed by atoms with Crippen molar-refractivity contribution >= 4 is 0 Å². The second-order valence-electron chi connectivity index (χ2n) is 6.09. The summed E-state index contributed by atoms with van der Waals surface area (Å²) in [6.45, 7) is 4.20. The Kier molecular flexibility index (Phi) is 2.20. The molecule has 2 aliphatic heterocycles. The minimum atomic E-state index is 0.204. The third-order valence-corrected chi connectivity index (χ3v) is 4.73. The number of hydrogen-bond acceptors (Lipinski definition) is 3. The van der Waals surface area contributed by atoms with Crippen LogP contribution in [-0.4, -0.2) is 42.2 Å². The summed E-state index contributed by atoms with van der Waals surface area (Å²) in [5, 5.41) is 0. The molecule has 1 aliphatic carbocycles. The van der Waals surface area contributed by atoms with Crippen molar-refractivity contribution in [2.45, 2.75) is 25.3 Å². The van der Waals surface area contributed by atoms with Gasteiger partial charge >= 0.3 is 0 Å². The molecule has 3 heterocycles. The van der Waals surface area contributed by atoms with Gasteiger partial charge in [0, 0.05) is 48.1 Å². The fourth-order valence-corrected chi connectivity index (χ4v) is 3.61. The zero-order valence-electron chi connectivity index (χ0n) is 10.4. The van der Waals surface area contributed by atoms with E-state index in [1.54, 1.807) is 12.3 Å². The van der Waals surface area contributed by atoms with Gasteiger partial charge in [0.2, 0.25) is 0 Å². The fraction of sp³-hybridized carbons (Fsp3) is 0.643. The molecule has 3 aliphatic rings. The summed E-state index contributed by atoms with van der Waals surface area (Å²) >= 11 is 0. The maximum atomic E-state index is 11.9. The van der Waals surface area contributed by atoms with E-state index in [9.17, 15) is 4.79 Å². The van der Waals surface area contributed by atoms with Crippen LogP contribution in [0.4, 0.5) is 0 Å². The lowest BCUT2D eigenvalue weighted by Gasteiger charge is -2.58. The lowest BCUT2D eigenvalue weighted by atomic mass is 9.75. The van der Waals surface area contributed by atoms with E-state index in [1.165, 1.54) is 6.42 Å². The number of aromatic amines is 1. The van der Waals surface area contributed by atoms with E-state index in [1.807, 2.05) is 0 Å². The molecule has 4 heteroatoms. The predicted molar refractivity (Wildman–Crippen MR) is 67.7 cm³/mol. The molecule has 0 aromatic carbocycles. The number of ether oxygens (including phenoxy) is 1. The second kappa shape index (κ2) is 3.68. The van der Waals surface area contributed by atoms with Crippen molar-refractivity contribution in [3.05, 3.63) is 33.7 Å². The van der Waals surface area contributed by atoms with Gasteiger partial charge in [0.15, 0.2) is 5.43 Å². The molecule has 1 aromatic rings. The molecule has 96 valence electrons. The molecule has 1 unspecified atom stereocenters. The highest BCUT2D eigenvalue weighted by atomic mass is 16.5. The molecule has 2 fully saturated rings. The minimum Gasteiger partial charge on any atom is -0.380 e. The molecule has 18 heavy (non-hydrogen) atoms. The predicted octanol–water partition coefficient (Wildman–Crippen LogP) is 0.564. The number of rotatable bonds is 1. The Labute approximate surface area is 106 Å². The number of nitrogens with zero attached hydrogens (tertiary/aromatic N) is 1. The molecule has 4 rings (SSSR count). The molecule has 0 bridgehead atoms. The van der Waals surface area contributed by atoms with Crippen LogP contribution < -0.4 is 5.43 Å². The third kappa shape index (κ3) is 1.49. The van der Waals surface area contributed by atoms with Crippen LogP contribution in [0.25, 0.3) is 0 Å². The Hall–Kier alpha value is -1.13. The van der Waals surface area contributed by atoms with Gasteiger partial charge in [-0.05, 0) is 19.3 Å². The summed E-state index contributed by atoms with van der Waals surface area (Å²) in [6, 6.07) is 2.21. The highest BCUT2D eigenvalue weighted by Gasteiger charge is 2.50. The monoisotopic (exact) mass is 246 g/mol. The Balaban J connectivity index is 1.50. The van der Waals surface area contributed by atoms with E-state index in [0.717, 1.165) is 50.4 Å². The maximum Gasteiger partial charge on any atom is 0.185 e. The first kappa shape index (κ1) is 10.8. The highest BCUT2D eigenvalue weighted by molar-refractivity contribution is 5.24. The average molecular weight is 246 g/mol. The summed E-state index contributed by atoms with van der Waals surface area (Å²) in [5.41, 5.74) is 2.85. The van der Waals surface area contributed by atoms with Gasteiger partial charge in [-0.1, -0.05) is 0 Å². The SMILES string of the molecule is O=c1cc[nH]c2c1CC(N1CC3(COC3)C1)CC2. The van der Waals surface area contributed by atoms with Crippen LogP contribution in [0.5, 0.6) is 0 Å². The number of fused-ring (bicyclic) bond motifs is 1. The first-order chi connectivity index (χ1) is 8.76. The van der Waals surface area contributed by atoms with Crippen molar-refractivity contribution < 1.29 is 4.74 Å². The largest absolute Gasteiger partial charge is 0.380 e. The number of aryl methyl sites for hydroxylation is 1. The Morgan fingerprint density at radius 2 is 2.22 bits per heavy atom. The first-order valence-electron chi connectivity index (χ1n) is 6.77. The number of hydrogen-bond donors (Lipinski definition) is 1. The van der Waals surface area contributed by atoms with Gasteiger partial charge in [0.05, 0.1) is 13.2 Å². The summed E-state index contributed by atoms with van der Waals surface area (Å²) < 4.78 is 5.31. The van der Waals surface area contributed by atoms with E-state index in [4.69, 9.17) is 4.74 Å². The van der Waals surface area contributed by atoms with Gasteiger partial charge in [-0.25, -0.2) is 0 Å². The fourth-order valence-electron chi connectivity index (χ4n) is 3.61. The molecule has 0 saturated carbocycles. The number of aromatic nitrogens is 1. The van der Waals surface area contributed by atoms with Crippen LogP contribution in [0.3, 0.4) is 0 Å². The van der Waals surface area contributed by atoms with Crippen LogP contribution in [0.2, 0.25) is 0 Å². The van der Waals surface area contributed by atoms with Crippen molar-refractivity contribution in [1.82, 2.24) is 9.88 Å². The third-order valence-electron chi connectivity index (χ3n) is 4.73. The minimum absolute atomic E-state index is 0.204. The number of H-pyrrole nitrogens is 1. The second-order valence-corrected chi connectivity index (χ2v) is 6.09. The number of nitrogens with one attached hydrogen (secondary N) is 1. The van der Waals surface area contributed by atoms with Gasteiger partial charge in [-0.15, -0.1) is 0 Å². The molecule has 1 N–H and O–H groups in total. The maximum absolute atomic E-state index is 11.9. The van der Waals surface area contributed by atoms with Crippen LogP contribution in [0.1, 0.15) is 17.7 Å². The van der Waals surface area contributed by atoms with Gasteiger partial charge in [0.25, 0.3) is 0 Å². The quantitative estimate of drug-likeness (QED) is 0.787. The summed E-state index contributed by atoms with van der Waals surface area (Å²) in [6.07, 6.45) is 4.87. The van der Waals surface area contributed by atoms with Crippen molar-refractivity contribution in [2.75, 3.05) is 26.3 Å². The van der Waals surface area contributed by atoms with E-state index in [-0.39, 0.29) is 5.43 Å². The van der Waals surface area contributed by atoms with Crippen molar-refractivity contribution in [3.63, 3.8) is 0 Å². The Morgan fingerprint density at radius 1 is 1.39 bits per heavy atom. The number of likely N-dealkylation sites (tertiary alicyclic amines) is 1. The van der Waals surface area contributed by atoms with Crippen LogP contribution in [0, 0.1) is 5.41 Å². The van der Waals surface area contributed by atoms with Crippen LogP contribution >= 0.6 is 0 Å². The molecule has 0 amide bonds. The lowest BCUT2D eigenvalue weighted by Crippen LogP contribution is -2.68. The van der Waals surface area contributed by atoms with Gasteiger partial charge in [0.1, 0.15) is 0 Å². The normalized spacial score (nSPS) is 29.4. The number of pyridine rings is 1. The molecule has 4 nitrogen and oxygen atoms in total. The topological polar surface area (TPSA) is 45.3 Å². The van der Waals surface area contributed by atoms with Gasteiger partial charge < -0.3 is 9.72 Å². The van der Waals surface area contributed by atoms with Gasteiger partial charge in [-0.3, -0.25) is 9.69 Å². The Bertz CT molecular complexity index is 525. The lowest BCUT2D eigenvalue weighted by molar-refractivity contribution is -0.199. The van der Waals surface area contributed by atoms with Crippen LogP contribution in [-0.2, 0) is 17.6 Å². The first-order valence-corrected chi connectivity index (χ1v) is 6.77. The summed E-state index contributed by atoms with van der Waals surface area (Å²) in [4.78, 5) is 17.6. The van der Waals surface area contributed by atoms with Crippen molar-refractivity contribution in [2.24, 2.45) is 5.41 Å². The molecule has 1 spiro atoms. The molecule has 0 radical (unpaired) electrons. The zero-order chi connectivity index (χ0) is 12.2. The molecule has 1 aromatic heterocycles.